The summed E-state index contributed by atoms with van der Waals surface area (Å²) in [5, 5.41) is 0.0470. The van der Waals surface area contributed by atoms with E-state index in [1.54, 1.807) is 12.0 Å². The second-order valence-electron chi connectivity index (χ2n) is 8.03. The van der Waals surface area contributed by atoms with Gasteiger partial charge in [0.05, 0.1) is 22.7 Å². The number of methoxy groups -OCH3 is 1. The highest BCUT2D eigenvalue weighted by Gasteiger charge is 2.24. The van der Waals surface area contributed by atoms with Gasteiger partial charge in [0, 0.05) is 31.9 Å². The molecule has 1 aliphatic rings. The van der Waals surface area contributed by atoms with Crippen molar-refractivity contribution in [2.24, 2.45) is 0 Å². The van der Waals surface area contributed by atoms with Crippen LogP contribution in [0.5, 0.6) is 11.5 Å². The fourth-order valence-corrected chi connectivity index (χ4v) is 5.20. The minimum Gasteiger partial charge on any atom is -0.495 e. The van der Waals surface area contributed by atoms with Gasteiger partial charge in [-0.15, -0.1) is 0 Å². The number of carbonyl (C=O) groups excluding carboxylic acids is 1. The molecule has 1 saturated heterocycles. The lowest BCUT2D eigenvalue weighted by atomic mass is 10.2. The molecule has 190 valence electrons. The first-order chi connectivity index (χ1) is 17.3. The molecule has 36 heavy (non-hydrogen) atoms. The summed E-state index contributed by atoms with van der Waals surface area (Å²) in [7, 11) is -2.32. The Labute approximate surface area is 214 Å². The zero-order valence-electron chi connectivity index (χ0n) is 19.5. The number of ether oxygens (including phenoxy) is 2. The van der Waals surface area contributed by atoms with Crippen LogP contribution in [0, 0.1) is 5.82 Å². The van der Waals surface area contributed by atoms with Crippen LogP contribution < -0.4 is 19.1 Å². The monoisotopic (exact) mass is 533 g/mol. The Balaban J connectivity index is 1.32. The number of halogens is 2. The van der Waals surface area contributed by atoms with Crippen molar-refractivity contribution < 1.29 is 27.1 Å². The van der Waals surface area contributed by atoms with E-state index in [0.717, 1.165) is 23.6 Å². The molecular formula is C25H25ClFN3O5S. The second kappa shape index (κ2) is 11.0. The Morgan fingerprint density at radius 2 is 1.69 bits per heavy atom. The number of anilines is 2. The topological polar surface area (TPSA) is 88.2 Å². The number of piperazine rings is 1. The molecule has 1 fully saturated rings. The first-order valence-corrected chi connectivity index (χ1v) is 13.0. The van der Waals surface area contributed by atoms with Gasteiger partial charge in [0.15, 0.2) is 6.61 Å². The molecule has 0 atom stereocenters. The van der Waals surface area contributed by atoms with Gasteiger partial charge in [-0.3, -0.25) is 9.52 Å². The van der Waals surface area contributed by atoms with Gasteiger partial charge < -0.3 is 19.3 Å². The van der Waals surface area contributed by atoms with Gasteiger partial charge in [0.25, 0.3) is 15.9 Å². The van der Waals surface area contributed by atoms with Crippen molar-refractivity contribution in [3.8, 4) is 11.5 Å². The average Bonchev–Trinajstić information content (AvgIpc) is 2.89. The number of nitrogens with zero attached hydrogens (tertiary/aromatic N) is 2. The van der Waals surface area contributed by atoms with E-state index in [9.17, 15) is 17.6 Å². The molecule has 0 aromatic heterocycles. The standard InChI is InChI=1S/C25H25ClFN3O5S/c1-34-24-5-3-2-4-22(24)29-12-14-30(15-13-29)25(31)17-35-23-11-10-20(16-21(23)26)36(32,33)28-19-8-6-18(27)7-9-19/h2-11,16,28H,12-15,17H2,1H3. The van der Waals surface area contributed by atoms with Crippen LogP contribution in [0.25, 0.3) is 0 Å². The lowest BCUT2D eigenvalue weighted by Gasteiger charge is -2.36. The number of benzene rings is 3. The summed E-state index contributed by atoms with van der Waals surface area (Å²) < 4.78 is 51.7. The highest BCUT2D eigenvalue weighted by atomic mass is 35.5. The molecule has 1 N–H and O–H groups in total. The molecule has 0 unspecified atom stereocenters. The Morgan fingerprint density at radius 1 is 1.00 bits per heavy atom. The number of amides is 1. The SMILES string of the molecule is COc1ccccc1N1CCN(C(=O)COc2ccc(S(=O)(=O)Nc3ccc(F)cc3)cc2Cl)CC1. The number of nitrogens with one attached hydrogen (secondary N) is 1. The van der Waals surface area contributed by atoms with Crippen LogP contribution in [-0.4, -0.2) is 59.1 Å². The van der Waals surface area contributed by atoms with Crippen molar-refractivity contribution in [1.29, 1.82) is 0 Å². The largest absolute Gasteiger partial charge is 0.495 e. The minimum absolute atomic E-state index is 0.0470. The van der Waals surface area contributed by atoms with Crippen LogP contribution in [0.1, 0.15) is 0 Å². The molecule has 0 spiro atoms. The van der Waals surface area contributed by atoms with Crippen LogP contribution in [0.4, 0.5) is 15.8 Å². The van der Waals surface area contributed by atoms with Crippen LogP contribution in [0.3, 0.4) is 0 Å². The first-order valence-electron chi connectivity index (χ1n) is 11.1. The fourth-order valence-electron chi connectivity index (χ4n) is 3.82. The van der Waals surface area contributed by atoms with Gasteiger partial charge in [0.2, 0.25) is 0 Å². The highest BCUT2D eigenvalue weighted by molar-refractivity contribution is 7.92. The zero-order chi connectivity index (χ0) is 25.7. The van der Waals surface area contributed by atoms with Gasteiger partial charge in [-0.25, -0.2) is 12.8 Å². The third kappa shape index (κ3) is 6.00. The van der Waals surface area contributed by atoms with E-state index in [1.165, 1.54) is 30.3 Å². The number of hydrogen-bond donors (Lipinski definition) is 1. The van der Waals surface area contributed by atoms with Gasteiger partial charge in [0.1, 0.15) is 17.3 Å². The van der Waals surface area contributed by atoms with Crippen LogP contribution in [-0.2, 0) is 14.8 Å². The molecule has 0 bridgehead atoms. The lowest BCUT2D eigenvalue weighted by Crippen LogP contribution is -2.50. The predicted molar refractivity (Wildman–Crippen MR) is 136 cm³/mol. The van der Waals surface area contributed by atoms with E-state index >= 15 is 0 Å². The number of sulfonamides is 1. The van der Waals surface area contributed by atoms with E-state index in [-0.39, 0.29) is 33.9 Å². The summed E-state index contributed by atoms with van der Waals surface area (Å²) in [5.74, 6) is 0.308. The molecule has 0 radical (unpaired) electrons. The van der Waals surface area contributed by atoms with Crippen molar-refractivity contribution >= 4 is 38.9 Å². The maximum absolute atomic E-state index is 13.1. The third-order valence-corrected chi connectivity index (χ3v) is 7.39. The maximum atomic E-state index is 13.1. The predicted octanol–water partition coefficient (Wildman–Crippen LogP) is 4.02. The average molecular weight is 534 g/mol. The Morgan fingerprint density at radius 3 is 2.36 bits per heavy atom. The van der Waals surface area contributed by atoms with E-state index < -0.39 is 15.8 Å². The number of hydrogen-bond acceptors (Lipinski definition) is 6. The van der Waals surface area contributed by atoms with Crippen molar-refractivity contribution in [2.75, 3.05) is 49.5 Å². The summed E-state index contributed by atoms with van der Waals surface area (Å²) in [4.78, 5) is 16.5. The number of para-hydroxylation sites is 2. The molecule has 4 rings (SSSR count). The third-order valence-electron chi connectivity index (χ3n) is 5.72. The molecule has 11 heteroatoms. The second-order valence-corrected chi connectivity index (χ2v) is 10.1. The molecule has 3 aromatic carbocycles. The summed E-state index contributed by atoms with van der Waals surface area (Å²) in [6.07, 6.45) is 0. The van der Waals surface area contributed by atoms with Gasteiger partial charge in [-0.2, -0.15) is 0 Å². The van der Waals surface area contributed by atoms with E-state index in [2.05, 4.69) is 9.62 Å². The number of carbonyl (C=O) groups is 1. The molecule has 1 amide bonds. The van der Waals surface area contributed by atoms with Crippen LogP contribution in [0.15, 0.2) is 71.6 Å². The number of rotatable bonds is 8. The maximum Gasteiger partial charge on any atom is 0.261 e. The van der Waals surface area contributed by atoms with Crippen molar-refractivity contribution in [3.63, 3.8) is 0 Å². The van der Waals surface area contributed by atoms with Crippen LogP contribution in [0.2, 0.25) is 5.02 Å². The van der Waals surface area contributed by atoms with Gasteiger partial charge in [-0.1, -0.05) is 23.7 Å². The summed E-state index contributed by atoms with van der Waals surface area (Å²) in [5.41, 5.74) is 1.20. The normalized spacial score (nSPS) is 13.9. The molecule has 0 saturated carbocycles. The summed E-state index contributed by atoms with van der Waals surface area (Å²) >= 11 is 6.23. The lowest BCUT2D eigenvalue weighted by molar-refractivity contribution is -0.133. The highest BCUT2D eigenvalue weighted by Crippen LogP contribution is 2.30. The Kier molecular flexibility index (Phi) is 7.85. The quantitative estimate of drug-likeness (QED) is 0.470. The zero-order valence-corrected chi connectivity index (χ0v) is 21.1. The molecule has 1 aliphatic heterocycles. The van der Waals surface area contributed by atoms with Crippen molar-refractivity contribution in [1.82, 2.24) is 4.90 Å². The summed E-state index contributed by atoms with van der Waals surface area (Å²) in [6.45, 7) is 2.13. The van der Waals surface area contributed by atoms with E-state index in [0.29, 0.717) is 26.2 Å². The van der Waals surface area contributed by atoms with Crippen LogP contribution >= 0.6 is 11.6 Å². The van der Waals surface area contributed by atoms with E-state index in [1.807, 2.05) is 24.3 Å². The van der Waals surface area contributed by atoms with E-state index in [4.69, 9.17) is 21.1 Å². The van der Waals surface area contributed by atoms with Crippen molar-refractivity contribution in [3.05, 3.63) is 77.6 Å². The first kappa shape index (κ1) is 25.6. The van der Waals surface area contributed by atoms with Gasteiger partial charge >= 0.3 is 0 Å². The summed E-state index contributed by atoms with van der Waals surface area (Å²) in [6, 6.07) is 16.6. The molecule has 8 nitrogen and oxygen atoms in total. The molecule has 1 heterocycles. The smallest absolute Gasteiger partial charge is 0.261 e. The Hall–Kier alpha value is -3.50. The molecule has 0 aliphatic carbocycles. The Bertz CT molecular complexity index is 1330. The molecule has 3 aromatic rings. The van der Waals surface area contributed by atoms with Gasteiger partial charge in [-0.05, 0) is 54.6 Å². The minimum atomic E-state index is -3.95. The molecular weight excluding hydrogens is 509 g/mol. The van der Waals surface area contributed by atoms with Crippen molar-refractivity contribution in [2.45, 2.75) is 4.90 Å². The fraction of sp³-hybridized carbons (Fsp3) is 0.240.